The molecule has 1 aromatic rings. The molecule has 6 nitrogen and oxygen atoms in total. The molecule has 0 aromatic heterocycles. The number of benzene rings is 1. The molecular formula is C21H32N2O4S. The Morgan fingerprint density at radius 2 is 1.89 bits per heavy atom. The molecule has 2 fully saturated rings. The molecule has 0 radical (unpaired) electrons. The first kappa shape index (κ1) is 21.3. The summed E-state index contributed by atoms with van der Waals surface area (Å²) in [6, 6.07) is 7.20. The Labute approximate surface area is 168 Å². The lowest BCUT2D eigenvalue weighted by Crippen LogP contribution is -2.48. The number of piperidine rings is 1. The monoisotopic (exact) mass is 408 g/mol. The number of carbonyl (C=O) groups excluding carboxylic acids is 1. The van der Waals surface area contributed by atoms with E-state index in [1.807, 2.05) is 19.9 Å². The highest BCUT2D eigenvalue weighted by atomic mass is 32.2. The zero-order valence-electron chi connectivity index (χ0n) is 16.8. The molecule has 0 unspecified atom stereocenters. The van der Waals surface area contributed by atoms with Crippen LogP contribution < -0.4 is 5.32 Å². The molecular weight excluding hydrogens is 376 g/mol. The zero-order valence-corrected chi connectivity index (χ0v) is 17.6. The fourth-order valence-electron chi connectivity index (χ4n) is 4.10. The Morgan fingerprint density at radius 1 is 1.18 bits per heavy atom. The number of aliphatic hydroxyl groups is 1. The Kier molecular flexibility index (Phi) is 6.78. The minimum atomic E-state index is -3.60. The topological polar surface area (TPSA) is 86.7 Å². The summed E-state index contributed by atoms with van der Waals surface area (Å²) in [5.74, 6) is -0.120. The number of nitrogens with zero attached hydrogens (tertiary/aromatic N) is 1. The summed E-state index contributed by atoms with van der Waals surface area (Å²) in [6.07, 6.45) is 4.12. The highest BCUT2D eigenvalue weighted by Gasteiger charge is 2.34. The van der Waals surface area contributed by atoms with Gasteiger partial charge in [-0.25, -0.2) is 8.42 Å². The Hall–Kier alpha value is -1.44. The third kappa shape index (κ3) is 4.93. The van der Waals surface area contributed by atoms with Crippen molar-refractivity contribution in [3.63, 3.8) is 0 Å². The fourth-order valence-corrected chi connectivity index (χ4v) is 5.68. The maximum atomic E-state index is 13.1. The van der Waals surface area contributed by atoms with Crippen LogP contribution in [0.2, 0.25) is 0 Å². The minimum Gasteiger partial charge on any atom is -0.393 e. The number of nitrogens with one attached hydrogen (secondary N) is 1. The SMILES string of the molecule is CC(C)c1cccc(S(=O)(=O)N2CCC[C@H](C(=O)N[C@H]3CC[C@H](O)CC3)C2)c1. The second-order valence-corrected chi connectivity index (χ2v) is 10.4. The van der Waals surface area contributed by atoms with Crippen LogP contribution in [0.4, 0.5) is 0 Å². The van der Waals surface area contributed by atoms with Gasteiger partial charge in [-0.2, -0.15) is 4.31 Å². The Morgan fingerprint density at radius 3 is 2.57 bits per heavy atom. The van der Waals surface area contributed by atoms with Crippen LogP contribution in [-0.2, 0) is 14.8 Å². The average molecular weight is 409 g/mol. The molecule has 2 N–H and O–H groups in total. The molecule has 7 heteroatoms. The van der Waals surface area contributed by atoms with E-state index in [9.17, 15) is 18.3 Å². The third-order valence-corrected chi connectivity index (χ3v) is 7.82. The normalized spacial score (nSPS) is 26.9. The fraction of sp³-hybridized carbons (Fsp3) is 0.667. The molecule has 2 aliphatic rings. The van der Waals surface area contributed by atoms with Crippen molar-refractivity contribution in [2.75, 3.05) is 13.1 Å². The average Bonchev–Trinajstić information content (AvgIpc) is 2.70. The van der Waals surface area contributed by atoms with Crippen LogP contribution in [-0.4, -0.2) is 49.0 Å². The maximum absolute atomic E-state index is 13.1. The first-order chi connectivity index (χ1) is 13.3. The van der Waals surface area contributed by atoms with E-state index in [-0.39, 0.29) is 36.4 Å². The first-order valence-electron chi connectivity index (χ1n) is 10.4. The van der Waals surface area contributed by atoms with Gasteiger partial charge in [0.05, 0.1) is 16.9 Å². The zero-order chi connectivity index (χ0) is 20.3. The van der Waals surface area contributed by atoms with Gasteiger partial charge in [-0.05, 0) is 62.1 Å². The van der Waals surface area contributed by atoms with Crippen molar-refractivity contribution >= 4 is 15.9 Å². The van der Waals surface area contributed by atoms with Crippen molar-refractivity contribution in [3.8, 4) is 0 Å². The quantitative estimate of drug-likeness (QED) is 0.784. The summed E-state index contributed by atoms with van der Waals surface area (Å²) in [4.78, 5) is 13.0. The largest absolute Gasteiger partial charge is 0.393 e. The lowest BCUT2D eigenvalue weighted by molar-refractivity contribution is -0.127. The molecule has 1 aromatic carbocycles. The predicted molar refractivity (Wildman–Crippen MR) is 108 cm³/mol. The van der Waals surface area contributed by atoms with Gasteiger partial charge in [0.1, 0.15) is 0 Å². The molecule has 1 atom stereocenters. The molecule has 28 heavy (non-hydrogen) atoms. The predicted octanol–water partition coefficient (Wildman–Crippen LogP) is 2.63. The van der Waals surface area contributed by atoms with E-state index in [0.717, 1.165) is 18.4 Å². The van der Waals surface area contributed by atoms with Gasteiger partial charge in [0, 0.05) is 19.1 Å². The Balaban J connectivity index is 1.66. The van der Waals surface area contributed by atoms with Gasteiger partial charge in [-0.1, -0.05) is 26.0 Å². The number of carbonyl (C=O) groups is 1. The van der Waals surface area contributed by atoms with Gasteiger partial charge in [0.25, 0.3) is 0 Å². The molecule has 1 aliphatic heterocycles. The molecule has 1 saturated heterocycles. The number of hydrogen-bond acceptors (Lipinski definition) is 4. The van der Waals surface area contributed by atoms with Crippen LogP contribution >= 0.6 is 0 Å². The lowest BCUT2D eigenvalue weighted by Gasteiger charge is -2.33. The van der Waals surface area contributed by atoms with Crippen molar-refractivity contribution in [3.05, 3.63) is 29.8 Å². The molecule has 1 heterocycles. The lowest BCUT2D eigenvalue weighted by atomic mass is 9.92. The molecule has 0 bridgehead atoms. The number of amides is 1. The smallest absolute Gasteiger partial charge is 0.243 e. The standard InChI is InChI=1S/C21H32N2O4S/c1-15(2)16-5-3-7-20(13-16)28(26,27)23-12-4-6-17(14-23)21(25)22-18-8-10-19(24)11-9-18/h3,5,7,13,15,17-19,24H,4,6,8-12,14H2,1-2H3,(H,22,25)/t17-,18-,19-/m0/s1. The van der Waals surface area contributed by atoms with Gasteiger partial charge in [0.15, 0.2) is 0 Å². The summed E-state index contributed by atoms with van der Waals surface area (Å²) in [5.41, 5.74) is 0.992. The van der Waals surface area contributed by atoms with E-state index in [1.165, 1.54) is 4.31 Å². The molecule has 0 spiro atoms. The van der Waals surface area contributed by atoms with Gasteiger partial charge >= 0.3 is 0 Å². The molecule has 3 rings (SSSR count). The van der Waals surface area contributed by atoms with Crippen LogP contribution in [0.15, 0.2) is 29.2 Å². The number of hydrogen-bond donors (Lipinski definition) is 2. The van der Waals surface area contributed by atoms with Crippen molar-refractivity contribution in [1.82, 2.24) is 9.62 Å². The molecule has 156 valence electrons. The van der Waals surface area contributed by atoms with E-state index in [1.54, 1.807) is 18.2 Å². The van der Waals surface area contributed by atoms with E-state index >= 15 is 0 Å². The summed E-state index contributed by atoms with van der Waals surface area (Å²) in [6.45, 7) is 4.76. The summed E-state index contributed by atoms with van der Waals surface area (Å²) in [7, 11) is -3.60. The third-order valence-electron chi connectivity index (χ3n) is 5.96. The van der Waals surface area contributed by atoms with E-state index in [2.05, 4.69) is 5.32 Å². The van der Waals surface area contributed by atoms with Crippen LogP contribution in [0.5, 0.6) is 0 Å². The highest BCUT2D eigenvalue weighted by molar-refractivity contribution is 7.89. The minimum absolute atomic E-state index is 0.0581. The molecule has 1 amide bonds. The second kappa shape index (κ2) is 8.93. The van der Waals surface area contributed by atoms with Gasteiger partial charge in [0.2, 0.25) is 15.9 Å². The highest BCUT2D eigenvalue weighted by Crippen LogP contribution is 2.27. The van der Waals surface area contributed by atoms with Gasteiger partial charge < -0.3 is 10.4 Å². The van der Waals surface area contributed by atoms with Gasteiger partial charge in [-0.15, -0.1) is 0 Å². The summed E-state index contributed by atoms with van der Waals surface area (Å²) >= 11 is 0. The summed E-state index contributed by atoms with van der Waals surface area (Å²) in [5, 5.41) is 12.7. The van der Waals surface area contributed by atoms with Crippen LogP contribution in [0.25, 0.3) is 0 Å². The summed E-state index contributed by atoms with van der Waals surface area (Å²) < 4.78 is 27.7. The molecule has 1 saturated carbocycles. The van der Waals surface area contributed by atoms with E-state index in [4.69, 9.17) is 0 Å². The van der Waals surface area contributed by atoms with E-state index < -0.39 is 10.0 Å². The number of aliphatic hydroxyl groups excluding tert-OH is 1. The van der Waals surface area contributed by atoms with Crippen LogP contribution in [0, 0.1) is 5.92 Å². The van der Waals surface area contributed by atoms with E-state index in [0.29, 0.717) is 37.1 Å². The van der Waals surface area contributed by atoms with Crippen LogP contribution in [0.3, 0.4) is 0 Å². The van der Waals surface area contributed by atoms with Crippen molar-refractivity contribution in [2.45, 2.75) is 75.3 Å². The second-order valence-electron chi connectivity index (χ2n) is 8.44. The number of sulfonamides is 1. The Bertz CT molecular complexity index is 785. The van der Waals surface area contributed by atoms with Gasteiger partial charge in [-0.3, -0.25) is 4.79 Å². The van der Waals surface area contributed by atoms with Crippen molar-refractivity contribution in [2.24, 2.45) is 5.92 Å². The first-order valence-corrected chi connectivity index (χ1v) is 11.8. The van der Waals surface area contributed by atoms with Crippen molar-refractivity contribution in [1.29, 1.82) is 0 Å². The molecule has 1 aliphatic carbocycles. The number of rotatable bonds is 5. The van der Waals surface area contributed by atoms with Crippen LogP contribution in [0.1, 0.15) is 63.9 Å². The van der Waals surface area contributed by atoms with Crippen molar-refractivity contribution < 1.29 is 18.3 Å². The maximum Gasteiger partial charge on any atom is 0.243 e.